The summed E-state index contributed by atoms with van der Waals surface area (Å²) >= 11 is 1.47. The molecule has 1 rings (SSSR count). The van der Waals surface area contributed by atoms with Gasteiger partial charge in [-0.3, -0.25) is 14.5 Å². The average molecular weight is 255 g/mol. The molecule has 0 aromatic carbocycles. The number of amides is 2. The molecule has 0 aromatic rings. The Morgan fingerprint density at radius 3 is 2.59 bits per heavy atom. The van der Waals surface area contributed by atoms with E-state index >= 15 is 0 Å². The van der Waals surface area contributed by atoms with Crippen LogP contribution in [0.1, 0.15) is 19.8 Å². The molecule has 0 bridgehead atoms. The predicted octanol–water partition coefficient (Wildman–Crippen LogP) is 0.574. The first-order chi connectivity index (χ1) is 7.94. The predicted molar refractivity (Wildman–Crippen MR) is 66.0 cm³/mol. The molecule has 17 heavy (non-hydrogen) atoms. The maximum absolute atomic E-state index is 11.9. The number of nitrogens with one attached hydrogen (secondary N) is 1. The molecule has 0 saturated heterocycles. The summed E-state index contributed by atoms with van der Waals surface area (Å²) in [6, 6.07) is -0.612. The largest absolute Gasteiger partial charge is 0.343 e. The first kappa shape index (κ1) is 13.8. The Kier molecular flexibility index (Phi) is 4.40. The van der Waals surface area contributed by atoms with Crippen LogP contribution in [0.5, 0.6) is 0 Å². The number of thioether (sulfide) groups is 1. The SMILES string of the molecule is CSCC(NC(=O)C1(C)CC1)C(=O)N(C)C#N. The zero-order chi connectivity index (χ0) is 13.1. The van der Waals surface area contributed by atoms with Crippen LogP contribution >= 0.6 is 11.8 Å². The van der Waals surface area contributed by atoms with Crippen molar-refractivity contribution in [2.45, 2.75) is 25.8 Å². The van der Waals surface area contributed by atoms with E-state index in [0.29, 0.717) is 5.75 Å². The van der Waals surface area contributed by atoms with Crippen molar-refractivity contribution < 1.29 is 9.59 Å². The second-order valence-corrected chi connectivity index (χ2v) is 5.45. The molecule has 1 N–H and O–H groups in total. The van der Waals surface area contributed by atoms with Gasteiger partial charge in [-0.25, -0.2) is 0 Å². The molecule has 1 fully saturated rings. The molecule has 0 radical (unpaired) electrons. The molecule has 0 heterocycles. The van der Waals surface area contributed by atoms with Gasteiger partial charge in [-0.05, 0) is 19.1 Å². The Hall–Kier alpha value is -1.22. The lowest BCUT2D eigenvalue weighted by Gasteiger charge is -2.21. The van der Waals surface area contributed by atoms with E-state index < -0.39 is 6.04 Å². The van der Waals surface area contributed by atoms with E-state index in [1.54, 1.807) is 6.19 Å². The van der Waals surface area contributed by atoms with Crippen LogP contribution in [0.4, 0.5) is 0 Å². The van der Waals surface area contributed by atoms with Crippen LogP contribution in [0.15, 0.2) is 0 Å². The third-order valence-corrected chi connectivity index (χ3v) is 3.63. The van der Waals surface area contributed by atoms with Crippen molar-refractivity contribution in [2.24, 2.45) is 5.41 Å². The summed E-state index contributed by atoms with van der Waals surface area (Å²) in [5.41, 5.74) is -0.303. The molecule has 0 aliphatic heterocycles. The normalized spacial score (nSPS) is 17.8. The number of carbonyl (C=O) groups is 2. The van der Waals surface area contributed by atoms with Crippen LogP contribution in [-0.4, -0.2) is 41.8 Å². The Balaban J connectivity index is 2.63. The maximum Gasteiger partial charge on any atom is 0.258 e. The Morgan fingerprint density at radius 1 is 1.59 bits per heavy atom. The van der Waals surface area contributed by atoms with Gasteiger partial charge in [-0.15, -0.1) is 0 Å². The Bertz CT molecular complexity index is 360. The van der Waals surface area contributed by atoms with E-state index in [-0.39, 0.29) is 17.2 Å². The molecule has 2 amide bonds. The summed E-state index contributed by atoms with van der Waals surface area (Å²) in [6.45, 7) is 1.89. The lowest BCUT2D eigenvalue weighted by Crippen LogP contribution is -2.49. The van der Waals surface area contributed by atoms with Gasteiger partial charge in [0.05, 0.1) is 0 Å². The lowest BCUT2D eigenvalue weighted by atomic mass is 10.1. The molecule has 1 unspecified atom stereocenters. The highest BCUT2D eigenvalue weighted by Crippen LogP contribution is 2.45. The lowest BCUT2D eigenvalue weighted by molar-refractivity contribution is -0.134. The van der Waals surface area contributed by atoms with Gasteiger partial charge < -0.3 is 5.32 Å². The summed E-state index contributed by atoms with van der Waals surface area (Å²) in [6.07, 6.45) is 5.35. The number of rotatable bonds is 5. The molecule has 1 aliphatic rings. The monoisotopic (exact) mass is 255 g/mol. The number of carbonyl (C=O) groups excluding carboxylic acids is 2. The van der Waals surface area contributed by atoms with Crippen LogP contribution in [0.2, 0.25) is 0 Å². The number of hydrogen-bond acceptors (Lipinski definition) is 4. The van der Waals surface area contributed by atoms with Crippen molar-refractivity contribution in [2.75, 3.05) is 19.1 Å². The average Bonchev–Trinajstić information content (AvgIpc) is 3.06. The van der Waals surface area contributed by atoms with Crippen molar-refractivity contribution in [3.8, 4) is 6.19 Å². The minimum Gasteiger partial charge on any atom is -0.343 e. The van der Waals surface area contributed by atoms with E-state index in [2.05, 4.69) is 5.32 Å². The third-order valence-electron chi connectivity index (χ3n) is 2.97. The summed E-state index contributed by atoms with van der Waals surface area (Å²) in [4.78, 5) is 24.6. The van der Waals surface area contributed by atoms with Crippen LogP contribution in [0.25, 0.3) is 0 Å². The zero-order valence-electron chi connectivity index (χ0n) is 10.3. The van der Waals surface area contributed by atoms with E-state index in [4.69, 9.17) is 5.26 Å². The van der Waals surface area contributed by atoms with E-state index in [9.17, 15) is 9.59 Å². The zero-order valence-corrected chi connectivity index (χ0v) is 11.1. The van der Waals surface area contributed by atoms with Gasteiger partial charge in [0.2, 0.25) is 5.91 Å². The van der Waals surface area contributed by atoms with Gasteiger partial charge in [0.15, 0.2) is 6.19 Å². The minimum absolute atomic E-state index is 0.0868. The number of hydrogen-bond donors (Lipinski definition) is 1. The fraction of sp³-hybridized carbons (Fsp3) is 0.727. The molecule has 1 atom stereocenters. The van der Waals surface area contributed by atoms with E-state index in [1.165, 1.54) is 18.8 Å². The fourth-order valence-corrected chi connectivity index (χ4v) is 1.93. The van der Waals surface area contributed by atoms with Gasteiger partial charge in [-0.1, -0.05) is 6.92 Å². The van der Waals surface area contributed by atoms with Gasteiger partial charge in [0.25, 0.3) is 5.91 Å². The minimum atomic E-state index is -0.612. The highest BCUT2D eigenvalue weighted by atomic mass is 32.2. The molecular formula is C11H17N3O2S. The molecule has 1 aliphatic carbocycles. The summed E-state index contributed by atoms with van der Waals surface area (Å²) in [5.74, 6) is 0.0304. The number of likely N-dealkylation sites (N-methyl/N-ethyl adjacent to an activating group) is 1. The maximum atomic E-state index is 11.9. The quantitative estimate of drug-likeness (QED) is 0.576. The first-order valence-electron chi connectivity index (χ1n) is 5.42. The second kappa shape index (κ2) is 5.41. The van der Waals surface area contributed by atoms with Crippen molar-refractivity contribution in [1.82, 2.24) is 10.2 Å². The van der Waals surface area contributed by atoms with Crippen molar-refractivity contribution in [3.63, 3.8) is 0 Å². The molecule has 6 heteroatoms. The smallest absolute Gasteiger partial charge is 0.258 e. The Morgan fingerprint density at radius 2 is 2.18 bits per heavy atom. The topological polar surface area (TPSA) is 73.2 Å². The molecule has 94 valence electrons. The Labute approximate surface area is 106 Å². The van der Waals surface area contributed by atoms with Crippen molar-refractivity contribution >= 4 is 23.6 Å². The van der Waals surface area contributed by atoms with Gasteiger partial charge in [0, 0.05) is 18.2 Å². The van der Waals surface area contributed by atoms with Crippen molar-refractivity contribution in [1.29, 1.82) is 5.26 Å². The molecule has 1 saturated carbocycles. The first-order valence-corrected chi connectivity index (χ1v) is 6.81. The van der Waals surface area contributed by atoms with Crippen LogP contribution < -0.4 is 5.32 Å². The van der Waals surface area contributed by atoms with Gasteiger partial charge in [0.1, 0.15) is 6.04 Å². The molecule has 0 spiro atoms. The summed E-state index contributed by atoms with van der Waals surface area (Å²) in [7, 11) is 1.40. The fourth-order valence-electron chi connectivity index (χ4n) is 1.37. The molecule has 0 aromatic heterocycles. The highest BCUT2D eigenvalue weighted by molar-refractivity contribution is 7.98. The third kappa shape index (κ3) is 3.37. The van der Waals surface area contributed by atoms with Gasteiger partial charge >= 0.3 is 0 Å². The molecular weight excluding hydrogens is 238 g/mol. The number of nitrogens with zero attached hydrogens (tertiary/aromatic N) is 2. The van der Waals surface area contributed by atoms with E-state index in [0.717, 1.165) is 17.7 Å². The van der Waals surface area contributed by atoms with Crippen LogP contribution in [0.3, 0.4) is 0 Å². The van der Waals surface area contributed by atoms with E-state index in [1.807, 2.05) is 13.2 Å². The standard InChI is InChI=1S/C11H17N3O2S/c1-11(4-5-11)10(16)13-8(6-17-3)9(15)14(2)7-12/h8H,4-6H2,1-3H3,(H,13,16). The van der Waals surface area contributed by atoms with Crippen molar-refractivity contribution in [3.05, 3.63) is 0 Å². The van der Waals surface area contributed by atoms with Gasteiger partial charge in [-0.2, -0.15) is 17.0 Å². The highest BCUT2D eigenvalue weighted by Gasteiger charge is 2.46. The molecule has 5 nitrogen and oxygen atoms in total. The number of nitriles is 1. The second-order valence-electron chi connectivity index (χ2n) is 4.54. The summed E-state index contributed by atoms with van der Waals surface area (Å²) < 4.78 is 0. The van der Waals surface area contributed by atoms with Crippen LogP contribution in [-0.2, 0) is 9.59 Å². The van der Waals surface area contributed by atoms with Crippen LogP contribution in [0, 0.1) is 16.9 Å². The summed E-state index contributed by atoms with van der Waals surface area (Å²) in [5, 5.41) is 11.4.